The van der Waals surface area contributed by atoms with Crippen LogP contribution in [0.2, 0.25) is 10.0 Å². The minimum atomic E-state index is -0.199. The van der Waals surface area contributed by atoms with E-state index in [4.69, 9.17) is 28.9 Å². The summed E-state index contributed by atoms with van der Waals surface area (Å²) in [5, 5.41) is 7.45. The Hall–Kier alpha value is -1.37. The van der Waals surface area contributed by atoms with Crippen LogP contribution in [0, 0.1) is 0 Å². The third kappa shape index (κ3) is 3.82. The first-order valence-electron chi connectivity index (χ1n) is 5.61. The van der Waals surface area contributed by atoms with Crippen LogP contribution in [0.5, 0.6) is 0 Å². The Kier molecular flexibility index (Phi) is 4.80. The Morgan fingerprint density at radius 2 is 2.25 bits per heavy atom. The summed E-state index contributed by atoms with van der Waals surface area (Å²) in [6.45, 7) is 0. The van der Waals surface area contributed by atoms with Gasteiger partial charge in [-0.15, -0.1) is 11.8 Å². The van der Waals surface area contributed by atoms with Crippen molar-refractivity contribution in [3.8, 4) is 0 Å². The van der Waals surface area contributed by atoms with Gasteiger partial charge in [-0.05, 0) is 12.1 Å². The molecule has 0 aliphatic heterocycles. The van der Waals surface area contributed by atoms with E-state index in [1.165, 1.54) is 23.9 Å². The molecule has 0 bridgehead atoms. The normalized spacial score (nSPS) is 10.6. The predicted octanol–water partition coefficient (Wildman–Crippen LogP) is 3.04. The van der Waals surface area contributed by atoms with E-state index in [-0.39, 0.29) is 11.7 Å². The van der Waals surface area contributed by atoms with E-state index in [2.05, 4.69) is 10.4 Å². The molecule has 0 aliphatic rings. The van der Waals surface area contributed by atoms with Gasteiger partial charge in [0.2, 0.25) is 5.91 Å². The van der Waals surface area contributed by atoms with E-state index in [9.17, 15) is 4.79 Å². The number of hydrogen-bond acceptors (Lipinski definition) is 4. The maximum Gasteiger partial charge on any atom is 0.234 e. The molecule has 0 saturated heterocycles. The van der Waals surface area contributed by atoms with Gasteiger partial charge in [-0.1, -0.05) is 23.2 Å². The summed E-state index contributed by atoms with van der Waals surface area (Å²) in [4.78, 5) is 12.8. The molecule has 20 heavy (non-hydrogen) atoms. The summed E-state index contributed by atoms with van der Waals surface area (Å²) in [5.74, 6) is 0.0409. The molecular formula is C12H12Cl2N4OS. The molecule has 106 valence electrons. The molecule has 1 aromatic heterocycles. The number of carbonyl (C=O) groups excluding carboxylic acids is 1. The number of amides is 1. The minimum absolute atomic E-state index is 0.199. The number of halogens is 2. The number of nitrogen functional groups attached to an aromatic ring is 1. The standard InChI is InChI=1S/C12H12Cl2N4OS/c1-18-5-8(4-16-18)20-6-11(19)17-12-9(14)2-7(13)3-10(12)15/h2-5H,6,15H2,1H3,(H,17,19). The molecule has 2 aromatic rings. The van der Waals surface area contributed by atoms with Crippen LogP contribution < -0.4 is 11.1 Å². The van der Waals surface area contributed by atoms with E-state index in [1.54, 1.807) is 10.9 Å². The maximum atomic E-state index is 11.9. The number of carbonyl (C=O) groups is 1. The highest BCUT2D eigenvalue weighted by molar-refractivity contribution is 8.00. The van der Waals surface area contributed by atoms with Crippen LogP contribution in [-0.4, -0.2) is 21.4 Å². The molecule has 0 radical (unpaired) electrons. The second-order valence-corrected chi connectivity index (χ2v) is 5.93. The first kappa shape index (κ1) is 15.0. The quantitative estimate of drug-likeness (QED) is 0.667. The number of aryl methyl sites for hydroxylation is 1. The van der Waals surface area contributed by atoms with Gasteiger partial charge in [0, 0.05) is 23.2 Å². The number of aromatic nitrogens is 2. The Bertz CT molecular complexity index is 621. The molecule has 3 N–H and O–H groups in total. The molecule has 0 aliphatic carbocycles. The number of hydrogen-bond donors (Lipinski definition) is 2. The van der Waals surface area contributed by atoms with Gasteiger partial charge >= 0.3 is 0 Å². The molecule has 0 saturated carbocycles. The molecule has 1 amide bonds. The van der Waals surface area contributed by atoms with Gasteiger partial charge in [0.1, 0.15) is 0 Å². The van der Waals surface area contributed by atoms with Crippen molar-refractivity contribution in [3.63, 3.8) is 0 Å². The number of nitrogens with one attached hydrogen (secondary N) is 1. The summed E-state index contributed by atoms with van der Waals surface area (Å²) < 4.78 is 1.67. The van der Waals surface area contributed by atoms with Crippen molar-refractivity contribution >= 4 is 52.2 Å². The van der Waals surface area contributed by atoms with Crippen LogP contribution in [0.1, 0.15) is 0 Å². The van der Waals surface area contributed by atoms with Crippen molar-refractivity contribution < 1.29 is 4.79 Å². The number of benzene rings is 1. The van der Waals surface area contributed by atoms with Crippen LogP contribution >= 0.6 is 35.0 Å². The molecule has 8 heteroatoms. The number of anilines is 2. The average molecular weight is 331 g/mol. The first-order valence-corrected chi connectivity index (χ1v) is 7.35. The second-order valence-electron chi connectivity index (χ2n) is 4.04. The third-order valence-corrected chi connectivity index (χ3v) is 3.87. The predicted molar refractivity (Wildman–Crippen MR) is 83.4 cm³/mol. The maximum absolute atomic E-state index is 11.9. The molecule has 5 nitrogen and oxygen atoms in total. The lowest BCUT2D eigenvalue weighted by molar-refractivity contribution is -0.113. The van der Waals surface area contributed by atoms with Gasteiger partial charge in [0.25, 0.3) is 0 Å². The number of rotatable bonds is 4. The van der Waals surface area contributed by atoms with Gasteiger partial charge in [-0.25, -0.2) is 0 Å². The zero-order valence-electron chi connectivity index (χ0n) is 10.6. The molecule has 2 rings (SSSR count). The molecule has 1 aromatic carbocycles. The van der Waals surface area contributed by atoms with Crippen molar-refractivity contribution in [1.29, 1.82) is 0 Å². The second kappa shape index (κ2) is 6.39. The van der Waals surface area contributed by atoms with E-state index in [0.717, 1.165) is 4.90 Å². The molecule has 1 heterocycles. The number of thioether (sulfide) groups is 1. The lowest BCUT2D eigenvalue weighted by Gasteiger charge is -2.10. The van der Waals surface area contributed by atoms with E-state index in [0.29, 0.717) is 21.4 Å². The largest absolute Gasteiger partial charge is 0.397 e. The van der Waals surface area contributed by atoms with E-state index < -0.39 is 0 Å². The summed E-state index contributed by atoms with van der Waals surface area (Å²) in [6.07, 6.45) is 3.53. The van der Waals surface area contributed by atoms with Crippen molar-refractivity contribution in [2.45, 2.75) is 4.90 Å². The molecule has 0 unspecified atom stereocenters. The van der Waals surface area contributed by atoms with Gasteiger partial charge in [0.15, 0.2) is 0 Å². The fourth-order valence-corrected chi connectivity index (χ4v) is 2.80. The van der Waals surface area contributed by atoms with Crippen molar-refractivity contribution in [2.24, 2.45) is 7.05 Å². The topological polar surface area (TPSA) is 72.9 Å². The fourth-order valence-electron chi connectivity index (χ4n) is 1.52. The number of nitrogens with zero attached hydrogens (tertiary/aromatic N) is 2. The highest BCUT2D eigenvalue weighted by Crippen LogP contribution is 2.32. The summed E-state index contributed by atoms with van der Waals surface area (Å²) in [7, 11) is 1.82. The zero-order chi connectivity index (χ0) is 14.7. The van der Waals surface area contributed by atoms with E-state index in [1.807, 2.05) is 13.2 Å². The van der Waals surface area contributed by atoms with Crippen LogP contribution in [0.25, 0.3) is 0 Å². The lowest BCUT2D eigenvalue weighted by Crippen LogP contribution is -2.15. The van der Waals surface area contributed by atoms with Gasteiger partial charge < -0.3 is 11.1 Å². The number of nitrogens with two attached hydrogens (primary N) is 1. The van der Waals surface area contributed by atoms with Crippen LogP contribution in [0.4, 0.5) is 11.4 Å². The fraction of sp³-hybridized carbons (Fsp3) is 0.167. The van der Waals surface area contributed by atoms with Crippen molar-refractivity contribution in [3.05, 3.63) is 34.6 Å². The Morgan fingerprint density at radius 1 is 1.50 bits per heavy atom. The zero-order valence-corrected chi connectivity index (χ0v) is 12.9. The van der Waals surface area contributed by atoms with E-state index >= 15 is 0 Å². The SMILES string of the molecule is Cn1cc(SCC(=O)Nc2c(N)cc(Cl)cc2Cl)cn1. The van der Waals surface area contributed by atoms with Crippen molar-refractivity contribution in [2.75, 3.05) is 16.8 Å². The summed E-state index contributed by atoms with van der Waals surface area (Å²) in [6, 6.07) is 3.07. The van der Waals surface area contributed by atoms with Crippen LogP contribution in [0.15, 0.2) is 29.4 Å². The summed E-state index contributed by atoms with van der Waals surface area (Å²) >= 11 is 13.2. The van der Waals surface area contributed by atoms with Crippen molar-refractivity contribution in [1.82, 2.24) is 9.78 Å². The minimum Gasteiger partial charge on any atom is -0.397 e. The Morgan fingerprint density at radius 3 is 2.85 bits per heavy atom. The monoisotopic (exact) mass is 330 g/mol. The highest BCUT2D eigenvalue weighted by Gasteiger charge is 2.11. The summed E-state index contributed by atoms with van der Waals surface area (Å²) in [5.41, 5.74) is 6.50. The first-order chi connectivity index (χ1) is 9.45. The third-order valence-electron chi connectivity index (χ3n) is 2.40. The van der Waals surface area contributed by atoms with Crippen LogP contribution in [-0.2, 0) is 11.8 Å². The molecule has 0 fully saturated rings. The van der Waals surface area contributed by atoms with Gasteiger partial charge in [0.05, 0.1) is 28.3 Å². The Labute approximate surface area is 130 Å². The van der Waals surface area contributed by atoms with Gasteiger partial charge in [-0.3, -0.25) is 9.48 Å². The lowest BCUT2D eigenvalue weighted by atomic mass is 10.2. The average Bonchev–Trinajstić information content (AvgIpc) is 2.77. The Balaban J connectivity index is 1.98. The molecular weight excluding hydrogens is 319 g/mol. The molecule has 0 atom stereocenters. The smallest absolute Gasteiger partial charge is 0.234 e. The van der Waals surface area contributed by atoms with Gasteiger partial charge in [-0.2, -0.15) is 5.10 Å². The molecule has 0 spiro atoms. The van der Waals surface area contributed by atoms with Crippen LogP contribution in [0.3, 0.4) is 0 Å². The highest BCUT2D eigenvalue weighted by atomic mass is 35.5.